The van der Waals surface area contributed by atoms with Crippen LogP contribution in [0.1, 0.15) is 31.2 Å². The first-order valence-corrected chi connectivity index (χ1v) is 7.04. The van der Waals surface area contributed by atoms with Gasteiger partial charge in [0.05, 0.1) is 7.11 Å². The van der Waals surface area contributed by atoms with E-state index in [4.69, 9.17) is 10.5 Å². The molecule has 19 heavy (non-hydrogen) atoms. The lowest BCUT2D eigenvalue weighted by Gasteiger charge is -2.35. The Bertz CT molecular complexity index is 407. The lowest BCUT2D eigenvalue weighted by molar-refractivity contribution is 0.134. The van der Waals surface area contributed by atoms with Crippen LogP contribution in [0.5, 0.6) is 11.5 Å². The molecule has 1 atom stereocenters. The number of hydrogen-bond acceptors (Lipinski definition) is 4. The van der Waals surface area contributed by atoms with Crippen molar-refractivity contribution in [3.8, 4) is 11.5 Å². The number of rotatable bonds is 5. The fourth-order valence-electron chi connectivity index (χ4n) is 2.86. The topological polar surface area (TPSA) is 58.7 Å². The van der Waals surface area contributed by atoms with Crippen molar-refractivity contribution in [1.29, 1.82) is 0 Å². The van der Waals surface area contributed by atoms with Crippen molar-refractivity contribution in [3.05, 3.63) is 23.8 Å². The zero-order chi connectivity index (χ0) is 13.7. The average Bonchev–Trinajstić information content (AvgIpc) is 2.41. The minimum atomic E-state index is 0.215. The fourth-order valence-corrected chi connectivity index (χ4v) is 2.86. The van der Waals surface area contributed by atoms with Crippen LogP contribution in [0.15, 0.2) is 18.2 Å². The van der Waals surface area contributed by atoms with Crippen LogP contribution < -0.4 is 10.5 Å². The monoisotopic (exact) mass is 264 g/mol. The first kappa shape index (κ1) is 14.2. The quantitative estimate of drug-likeness (QED) is 0.855. The van der Waals surface area contributed by atoms with Gasteiger partial charge in [0.25, 0.3) is 0 Å². The van der Waals surface area contributed by atoms with Gasteiger partial charge in [-0.1, -0.05) is 12.5 Å². The van der Waals surface area contributed by atoms with Crippen LogP contribution in [-0.2, 0) is 6.54 Å². The minimum Gasteiger partial charge on any atom is -0.504 e. The smallest absolute Gasteiger partial charge is 0.160 e. The Balaban J connectivity index is 2.04. The Labute approximate surface area is 115 Å². The third kappa shape index (κ3) is 3.61. The second kappa shape index (κ2) is 6.78. The molecule has 1 fully saturated rings. The van der Waals surface area contributed by atoms with E-state index in [9.17, 15) is 5.11 Å². The number of hydrogen-bond donors (Lipinski definition) is 2. The van der Waals surface area contributed by atoms with E-state index < -0.39 is 0 Å². The Morgan fingerprint density at radius 2 is 2.26 bits per heavy atom. The summed E-state index contributed by atoms with van der Waals surface area (Å²) in [5, 5.41) is 9.83. The molecule has 0 saturated carbocycles. The van der Waals surface area contributed by atoms with Crippen molar-refractivity contribution in [3.63, 3.8) is 0 Å². The number of aromatic hydroxyl groups is 1. The van der Waals surface area contributed by atoms with Gasteiger partial charge in [0.15, 0.2) is 11.5 Å². The van der Waals surface area contributed by atoms with Crippen LogP contribution in [0.2, 0.25) is 0 Å². The maximum atomic E-state index is 9.83. The van der Waals surface area contributed by atoms with Crippen molar-refractivity contribution in [2.75, 3.05) is 20.2 Å². The van der Waals surface area contributed by atoms with Gasteiger partial charge in [0, 0.05) is 12.6 Å². The molecule has 0 amide bonds. The van der Waals surface area contributed by atoms with E-state index in [1.54, 1.807) is 13.2 Å². The summed E-state index contributed by atoms with van der Waals surface area (Å²) in [5.41, 5.74) is 6.82. The number of methoxy groups -OCH3 is 1. The standard InChI is InChI=1S/C15H24N2O2/c1-19-15-6-5-12(10-14(15)18)11-17-9-3-2-4-13(17)7-8-16/h5-6,10,13,18H,2-4,7-9,11,16H2,1H3. The second-order valence-corrected chi connectivity index (χ2v) is 5.20. The van der Waals surface area contributed by atoms with Gasteiger partial charge >= 0.3 is 0 Å². The first-order chi connectivity index (χ1) is 9.24. The van der Waals surface area contributed by atoms with Crippen molar-refractivity contribution < 1.29 is 9.84 Å². The Morgan fingerprint density at radius 3 is 2.95 bits per heavy atom. The number of ether oxygens (including phenoxy) is 1. The van der Waals surface area contributed by atoms with Gasteiger partial charge in [-0.25, -0.2) is 0 Å². The third-order valence-electron chi connectivity index (χ3n) is 3.88. The van der Waals surface area contributed by atoms with Crippen molar-refractivity contribution in [2.24, 2.45) is 5.73 Å². The van der Waals surface area contributed by atoms with Gasteiger partial charge in [-0.05, 0) is 50.0 Å². The van der Waals surface area contributed by atoms with Crippen LogP contribution in [0, 0.1) is 0 Å². The fraction of sp³-hybridized carbons (Fsp3) is 0.600. The lowest BCUT2D eigenvalue weighted by Crippen LogP contribution is -2.40. The van der Waals surface area contributed by atoms with Crippen molar-refractivity contribution >= 4 is 0 Å². The van der Waals surface area contributed by atoms with E-state index in [1.165, 1.54) is 19.3 Å². The molecule has 0 radical (unpaired) electrons. The zero-order valence-electron chi connectivity index (χ0n) is 11.6. The summed E-state index contributed by atoms with van der Waals surface area (Å²) in [6.07, 6.45) is 4.85. The molecule has 1 aromatic carbocycles. The lowest BCUT2D eigenvalue weighted by atomic mass is 9.98. The van der Waals surface area contributed by atoms with Gasteiger partial charge in [0.1, 0.15) is 0 Å². The number of nitrogens with two attached hydrogens (primary N) is 1. The molecular weight excluding hydrogens is 240 g/mol. The summed E-state index contributed by atoms with van der Waals surface area (Å²) in [6.45, 7) is 2.74. The minimum absolute atomic E-state index is 0.215. The molecule has 2 rings (SSSR count). The Morgan fingerprint density at radius 1 is 1.42 bits per heavy atom. The number of phenols is 1. The van der Waals surface area contributed by atoms with E-state index in [0.717, 1.165) is 31.6 Å². The zero-order valence-corrected chi connectivity index (χ0v) is 11.6. The van der Waals surface area contributed by atoms with Crippen LogP contribution >= 0.6 is 0 Å². The number of piperidine rings is 1. The highest BCUT2D eigenvalue weighted by molar-refractivity contribution is 5.41. The van der Waals surface area contributed by atoms with Crippen molar-refractivity contribution in [1.82, 2.24) is 4.90 Å². The Hall–Kier alpha value is -1.26. The SMILES string of the molecule is COc1ccc(CN2CCCCC2CCN)cc1O. The molecule has 1 aliphatic heterocycles. The highest BCUT2D eigenvalue weighted by atomic mass is 16.5. The molecule has 0 bridgehead atoms. The highest BCUT2D eigenvalue weighted by Crippen LogP contribution is 2.28. The van der Waals surface area contributed by atoms with Crippen LogP contribution in [-0.4, -0.2) is 36.2 Å². The summed E-state index contributed by atoms with van der Waals surface area (Å²) >= 11 is 0. The van der Waals surface area contributed by atoms with Crippen LogP contribution in [0.3, 0.4) is 0 Å². The van der Waals surface area contributed by atoms with E-state index in [0.29, 0.717) is 11.8 Å². The molecule has 3 N–H and O–H groups in total. The molecule has 106 valence electrons. The van der Waals surface area contributed by atoms with E-state index in [2.05, 4.69) is 4.90 Å². The predicted molar refractivity (Wildman–Crippen MR) is 76.4 cm³/mol. The van der Waals surface area contributed by atoms with Gasteiger partial charge in [-0.15, -0.1) is 0 Å². The molecule has 1 saturated heterocycles. The summed E-state index contributed by atoms with van der Waals surface area (Å²) in [5.74, 6) is 0.744. The number of nitrogens with zero attached hydrogens (tertiary/aromatic N) is 1. The number of phenolic OH excluding ortho intramolecular Hbond substituents is 1. The van der Waals surface area contributed by atoms with Gasteiger partial charge < -0.3 is 15.6 Å². The highest BCUT2D eigenvalue weighted by Gasteiger charge is 2.21. The number of benzene rings is 1. The molecule has 4 heteroatoms. The van der Waals surface area contributed by atoms with Gasteiger partial charge in [-0.2, -0.15) is 0 Å². The van der Waals surface area contributed by atoms with Gasteiger partial charge in [0.2, 0.25) is 0 Å². The Kier molecular flexibility index (Phi) is 5.05. The summed E-state index contributed by atoms with van der Waals surface area (Å²) < 4.78 is 5.07. The van der Waals surface area contributed by atoms with Crippen LogP contribution in [0.25, 0.3) is 0 Å². The van der Waals surface area contributed by atoms with Crippen LogP contribution in [0.4, 0.5) is 0 Å². The van der Waals surface area contributed by atoms with E-state index in [1.807, 2.05) is 12.1 Å². The molecule has 1 aliphatic rings. The first-order valence-electron chi connectivity index (χ1n) is 7.04. The molecule has 4 nitrogen and oxygen atoms in total. The third-order valence-corrected chi connectivity index (χ3v) is 3.88. The maximum Gasteiger partial charge on any atom is 0.160 e. The molecule has 1 heterocycles. The molecule has 0 aromatic heterocycles. The summed E-state index contributed by atoms with van der Waals surface area (Å²) in [7, 11) is 1.57. The molecule has 1 unspecified atom stereocenters. The maximum absolute atomic E-state index is 9.83. The second-order valence-electron chi connectivity index (χ2n) is 5.20. The number of likely N-dealkylation sites (tertiary alicyclic amines) is 1. The molecule has 0 aliphatic carbocycles. The average molecular weight is 264 g/mol. The summed E-state index contributed by atoms with van der Waals surface area (Å²) in [4.78, 5) is 2.48. The molecule has 0 spiro atoms. The largest absolute Gasteiger partial charge is 0.504 e. The van der Waals surface area contributed by atoms with E-state index >= 15 is 0 Å². The van der Waals surface area contributed by atoms with E-state index in [-0.39, 0.29) is 5.75 Å². The summed E-state index contributed by atoms with van der Waals surface area (Å²) in [6, 6.07) is 6.23. The van der Waals surface area contributed by atoms with Crippen molar-refractivity contribution in [2.45, 2.75) is 38.3 Å². The predicted octanol–water partition coefficient (Wildman–Crippen LogP) is 2.10. The normalized spacial score (nSPS) is 20.4. The van der Waals surface area contributed by atoms with Gasteiger partial charge in [-0.3, -0.25) is 4.90 Å². The molecular formula is C15H24N2O2. The molecule has 1 aromatic rings.